The van der Waals surface area contributed by atoms with Crippen LogP contribution in [-0.2, 0) is 10.8 Å². The van der Waals surface area contributed by atoms with Crippen LogP contribution in [0.15, 0.2) is 158 Å². The highest BCUT2D eigenvalue weighted by Crippen LogP contribution is 2.37. The molecule has 0 radical (unpaired) electrons. The predicted molar refractivity (Wildman–Crippen MR) is 192 cm³/mol. The summed E-state index contributed by atoms with van der Waals surface area (Å²) in [5.41, 5.74) is 17.7. The third-order valence-electron chi connectivity index (χ3n) is 8.33. The maximum Gasteiger partial charge on any atom is 0.129 e. The van der Waals surface area contributed by atoms with E-state index in [0.717, 1.165) is 23.0 Å². The van der Waals surface area contributed by atoms with Crippen LogP contribution in [0.4, 0.5) is 11.4 Å². The third kappa shape index (κ3) is 7.96. The Balaban J connectivity index is 0.000000624. The van der Waals surface area contributed by atoms with E-state index in [4.69, 9.17) is 20.9 Å². The van der Waals surface area contributed by atoms with Crippen molar-refractivity contribution in [3.63, 3.8) is 0 Å². The van der Waals surface area contributed by atoms with E-state index in [9.17, 15) is 0 Å². The van der Waals surface area contributed by atoms with Gasteiger partial charge in [0.1, 0.15) is 23.0 Å². The van der Waals surface area contributed by atoms with E-state index in [1.807, 2.05) is 109 Å². The number of ether oxygens (including phenoxy) is 2. The molecule has 4 nitrogen and oxygen atoms in total. The van der Waals surface area contributed by atoms with Gasteiger partial charge < -0.3 is 20.9 Å². The second kappa shape index (κ2) is 14.1. The Morgan fingerprint density at radius 2 is 0.630 bits per heavy atom. The number of hydrogen-bond acceptors (Lipinski definition) is 4. The van der Waals surface area contributed by atoms with E-state index in [0.29, 0.717) is 11.4 Å². The summed E-state index contributed by atoms with van der Waals surface area (Å²) in [6.45, 7) is 9.00. The summed E-state index contributed by atoms with van der Waals surface area (Å²) in [6.07, 6.45) is 0. The normalized spacial score (nSPS) is 11.2. The average Bonchev–Trinajstić information content (AvgIpc) is 3.06. The highest BCUT2D eigenvalue weighted by atomic mass is 16.5. The Kier molecular flexibility index (Phi) is 9.78. The number of nitrogen functional groups attached to an aromatic ring is 2. The van der Waals surface area contributed by atoms with Gasteiger partial charge in [0.05, 0.1) is 0 Å². The topological polar surface area (TPSA) is 70.5 Å². The molecule has 4 N–H and O–H groups in total. The summed E-state index contributed by atoms with van der Waals surface area (Å²) in [7, 11) is 0. The van der Waals surface area contributed by atoms with Gasteiger partial charge in [0.2, 0.25) is 0 Å². The van der Waals surface area contributed by atoms with Crippen LogP contribution in [0.5, 0.6) is 23.0 Å². The Bertz CT molecular complexity index is 1680. The lowest BCUT2D eigenvalue weighted by molar-refractivity contribution is 0.481. The van der Waals surface area contributed by atoms with Crippen LogP contribution >= 0.6 is 0 Å². The molecule has 0 fully saturated rings. The van der Waals surface area contributed by atoms with E-state index >= 15 is 0 Å². The zero-order valence-corrected chi connectivity index (χ0v) is 27.0. The van der Waals surface area contributed by atoms with Crippen molar-refractivity contribution in [2.75, 3.05) is 11.5 Å². The molecule has 0 unspecified atom stereocenters. The predicted octanol–water partition coefficient (Wildman–Crippen LogP) is 10.8. The lowest BCUT2D eigenvalue weighted by atomic mass is 9.74. The van der Waals surface area contributed by atoms with Gasteiger partial charge in [-0.2, -0.15) is 0 Å². The van der Waals surface area contributed by atoms with Gasteiger partial charge in [-0.1, -0.05) is 125 Å². The number of anilines is 2. The molecule has 46 heavy (non-hydrogen) atoms. The summed E-state index contributed by atoms with van der Waals surface area (Å²) in [5.74, 6) is 3.03. The summed E-state index contributed by atoms with van der Waals surface area (Å²) < 4.78 is 12.0. The summed E-state index contributed by atoms with van der Waals surface area (Å²) in [6, 6.07) is 52.5. The van der Waals surface area contributed by atoms with Gasteiger partial charge >= 0.3 is 0 Å². The Hall–Kier alpha value is -5.48. The molecule has 0 spiro atoms. The maximum absolute atomic E-state index is 5.98. The lowest BCUT2D eigenvalue weighted by Gasteiger charge is -2.29. The van der Waals surface area contributed by atoms with E-state index < -0.39 is 0 Å². The highest BCUT2D eigenvalue weighted by Gasteiger charge is 2.26. The number of rotatable bonds is 8. The first-order valence-corrected chi connectivity index (χ1v) is 15.5. The molecule has 0 aliphatic rings. The molecule has 0 atom stereocenters. The Morgan fingerprint density at radius 3 is 0.913 bits per heavy atom. The van der Waals surface area contributed by atoms with Crippen molar-refractivity contribution in [1.82, 2.24) is 0 Å². The molecule has 232 valence electrons. The quantitative estimate of drug-likeness (QED) is 0.169. The van der Waals surface area contributed by atoms with Crippen molar-refractivity contribution in [3.05, 3.63) is 180 Å². The second-order valence-electron chi connectivity index (χ2n) is 12.4. The van der Waals surface area contributed by atoms with Gasteiger partial charge in [0, 0.05) is 34.3 Å². The molecule has 0 saturated carbocycles. The minimum atomic E-state index is -0.168. The van der Waals surface area contributed by atoms with Gasteiger partial charge in [-0.15, -0.1) is 0 Å². The van der Waals surface area contributed by atoms with Crippen molar-refractivity contribution in [1.29, 1.82) is 0 Å². The number of benzene rings is 6. The minimum absolute atomic E-state index is 0.168. The molecule has 0 amide bonds. The van der Waals surface area contributed by atoms with Crippen molar-refractivity contribution < 1.29 is 9.47 Å². The number of hydrogen-bond donors (Lipinski definition) is 2. The van der Waals surface area contributed by atoms with Gasteiger partial charge in [0.25, 0.3) is 0 Å². The third-order valence-corrected chi connectivity index (χ3v) is 8.33. The first kappa shape index (κ1) is 31.9. The number of nitrogens with two attached hydrogens (primary N) is 2. The highest BCUT2D eigenvalue weighted by molar-refractivity contribution is 5.48. The molecule has 0 aliphatic carbocycles. The molecule has 0 bridgehead atoms. The molecule has 0 aromatic heterocycles. The summed E-state index contributed by atoms with van der Waals surface area (Å²) in [5, 5.41) is 0. The fourth-order valence-corrected chi connectivity index (χ4v) is 5.33. The van der Waals surface area contributed by atoms with Crippen LogP contribution in [-0.4, -0.2) is 0 Å². The van der Waals surface area contributed by atoms with Crippen LogP contribution in [0.3, 0.4) is 0 Å². The van der Waals surface area contributed by atoms with Crippen molar-refractivity contribution in [2.24, 2.45) is 0 Å². The first-order chi connectivity index (χ1) is 22.1. The molecule has 0 saturated heterocycles. The van der Waals surface area contributed by atoms with Gasteiger partial charge in [-0.05, 0) is 70.8 Å². The molecule has 6 aromatic carbocycles. The van der Waals surface area contributed by atoms with Gasteiger partial charge in [-0.25, -0.2) is 0 Å². The Morgan fingerprint density at radius 1 is 0.348 bits per heavy atom. The standard InChI is InChI=1S/C36H36N2O2.C6H6/c1-35(2,27-15-19-31(20-16-27)39-33-9-5-7-29(37)23-33)25-11-13-26(14-12-25)36(3,4)28-17-21-32(22-18-28)40-34-10-6-8-30(38)24-34;1-2-4-6-5-3-1/h5-24H,37-38H2,1-4H3;1-6H. The second-order valence-corrected chi connectivity index (χ2v) is 12.4. The fraction of sp³-hybridized carbons (Fsp3) is 0.143. The molecule has 0 aliphatic heterocycles. The summed E-state index contributed by atoms with van der Waals surface area (Å²) >= 11 is 0. The minimum Gasteiger partial charge on any atom is -0.457 e. The monoisotopic (exact) mass is 606 g/mol. The van der Waals surface area contributed by atoms with E-state index in [2.05, 4.69) is 76.2 Å². The first-order valence-electron chi connectivity index (χ1n) is 15.5. The van der Waals surface area contributed by atoms with Crippen LogP contribution in [0.2, 0.25) is 0 Å². The van der Waals surface area contributed by atoms with Crippen LogP contribution in [0, 0.1) is 0 Å². The lowest BCUT2D eigenvalue weighted by Crippen LogP contribution is -2.21. The van der Waals surface area contributed by atoms with Gasteiger partial charge in [-0.3, -0.25) is 0 Å². The summed E-state index contributed by atoms with van der Waals surface area (Å²) in [4.78, 5) is 0. The largest absolute Gasteiger partial charge is 0.457 e. The SMILES string of the molecule is CC(C)(c1ccc(Oc2cccc(N)c2)cc1)c1ccc(C(C)(C)c2ccc(Oc3cccc(N)c3)cc2)cc1.c1ccccc1. The van der Waals surface area contributed by atoms with Crippen LogP contribution in [0.1, 0.15) is 49.9 Å². The Labute approximate surface area is 273 Å². The van der Waals surface area contributed by atoms with E-state index in [1.54, 1.807) is 0 Å². The average molecular weight is 607 g/mol. The fourth-order valence-electron chi connectivity index (χ4n) is 5.33. The molecule has 0 heterocycles. The molecular formula is C42H42N2O2. The van der Waals surface area contributed by atoms with Crippen LogP contribution in [0.25, 0.3) is 0 Å². The maximum atomic E-state index is 5.98. The van der Waals surface area contributed by atoms with Crippen molar-refractivity contribution >= 4 is 11.4 Å². The molecular weight excluding hydrogens is 564 g/mol. The smallest absolute Gasteiger partial charge is 0.129 e. The van der Waals surface area contributed by atoms with Gasteiger partial charge in [0.15, 0.2) is 0 Å². The van der Waals surface area contributed by atoms with E-state index in [-0.39, 0.29) is 10.8 Å². The van der Waals surface area contributed by atoms with Crippen molar-refractivity contribution in [2.45, 2.75) is 38.5 Å². The van der Waals surface area contributed by atoms with Crippen molar-refractivity contribution in [3.8, 4) is 23.0 Å². The molecule has 4 heteroatoms. The van der Waals surface area contributed by atoms with E-state index in [1.165, 1.54) is 22.3 Å². The molecule has 6 rings (SSSR count). The zero-order valence-electron chi connectivity index (χ0n) is 27.0. The van der Waals surface area contributed by atoms with Crippen LogP contribution < -0.4 is 20.9 Å². The zero-order chi connectivity index (χ0) is 32.6. The molecule has 6 aromatic rings.